The van der Waals surface area contributed by atoms with E-state index >= 15 is 0 Å². The number of carbonyl (C=O) groups is 1. The molecule has 1 fully saturated rings. The van der Waals surface area contributed by atoms with Gasteiger partial charge in [-0.3, -0.25) is 4.79 Å². The molecule has 1 saturated carbocycles. The van der Waals surface area contributed by atoms with Crippen LogP contribution in [0.5, 0.6) is 11.5 Å². The van der Waals surface area contributed by atoms with Crippen molar-refractivity contribution in [2.75, 3.05) is 20.9 Å². The molecule has 0 atom stereocenters. The molecule has 3 aromatic carbocycles. The summed E-state index contributed by atoms with van der Waals surface area (Å²) in [6, 6.07) is 18.9. The van der Waals surface area contributed by atoms with E-state index in [-0.39, 0.29) is 17.5 Å². The van der Waals surface area contributed by atoms with Crippen LogP contribution in [0.4, 0.5) is 0 Å². The molecule has 0 radical (unpaired) electrons. The largest absolute Gasteiger partial charge is 0.454 e. The molecule has 0 N–H and O–H groups in total. The van der Waals surface area contributed by atoms with Gasteiger partial charge in [-0.25, -0.2) is 12.7 Å². The Morgan fingerprint density at radius 1 is 0.943 bits per heavy atom. The number of aryl methyl sites for hydroxylation is 1. The van der Waals surface area contributed by atoms with Gasteiger partial charge in [0.25, 0.3) is 0 Å². The maximum Gasteiger partial charge on any atom is 0.242 e. The summed E-state index contributed by atoms with van der Waals surface area (Å²) in [6.45, 7) is 2.31. The average Bonchev–Trinajstić information content (AvgIpc) is 3.54. The molecule has 0 bridgehead atoms. The van der Waals surface area contributed by atoms with Gasteiger partial charge in [0.2, 0.25) is 16.8 Å². The fourth-order valence-electron chi connectivity index (χ4n) is 4.73. The molecule has 1 aliphatic carbocycles. The zero-order chi connectivity index (χ0) is 24.8. The van der Waals surface area contributed by atoms with Crippen molar-refractivity contribution in [1.29, 1.82) is 0 Å². The summed E-state index contributed by atoms with van der Waals surface area (Å²) < 4.78 is 37.0. The third-order valence-corrected chi connectivity index (χ3v) is 8.90. The maximum absolute atomic E-state index is 13.5. The first kappa shape index (κ1) is 23.6. The van der Waals surface area contributed by atoms with Crippen molar-refractivity contribution in [3.05, 3.63) is 77.4 Å². The number of benzene rings is 3. The van der Waals surface area contributed by atoms with Crippen LogP contribution in [0.3, 0.4) is 0 Å². The molecule has 6 nitrogen and oxygen atoms in total. The van der Waals surface area contributed by atoms with E-state index in [0.717, 1.165) is 52.8 Å². The van der Waals surface area contributed by atoms with Crippen molar-refractivity contribution in [2.45, 2.75) is 42.9 Å². The number of Topliss-reactive ketones (excluding diaryl/α,β-unsaturated/α-hetero) is 1. The molecule has 0 saturated heterocycles. The van der Waals surface area contributed by atoms with E-state index in [4.69, 9.17) is 9.47 Å². The molecule has 35 heavy (non-hydrogen) atoms. The van der Waals surface area contributed by atoms with E-state index in [1.54, 1.807) is 12.1 Å². The summed E-state index contributed by atoms with van der Waals surface area (Å²) in [5.74, 6) is 1.64. The molecular weight excluding hydrogens is 462 g/mol. The minimum atomic E-state index is -3.48. The molecule has 3 aromatic rings. The van der Waals surface area contributed by atoms with Gasteiger partial charge in [-0.1, -0.05) is 43.3 Å². The van der Waals surface area contributed by atoms with Crippen molar-refractivity contribution in [2.24, 2.45) is 0 Å². The number of ether oxygens (including phenoxy) is 2. The monoisotopic (exact) mass is 491 g/mol. The fourth-order valence-corrected chi connectivity index (χ4v) is 5.63. The number of fused-ring (bicyclic) bond motifs is 1. The molecule has 182 valence electrons. The number of nitrogens with zero attached hydrogens (tertiary/aromatic N) is 1. The molecule has 7 heteroatoms. The second kappa shape index (κ2) is 8.81. The van der Waals surface area contributed by atoms with E-state index in [2.05, 4.69) is 19.1 Å². The van der Waals surface area contributed by atoms with E-state index in [0.29, 0.717) is 12.2 Å². The molecule has 5 rings (SSSR count). The van der Waals surface area contributed by atoms with Crippen LogP contribution in [0.1, 0.15) is 36.5 Å². The molecule has 0 unspecified atom stereocenters. The maximum atomic E-state index is 13.5. The molecular formula is C28H29NO5S. The Labute approximate surface area is 206 Å². The van der Waals surface area contributed by atoms with Gasteiger partial charge in [0.1, 0.15) is 5.78 Å². The molecule has 0 spiro atoms. The Bertz CT molecular complexity index is 1390. The topological polar surface area (TPSA) is 72.9 Å². The lowest BCUT2D eigenvalue weighted by Gasteiger charge is -2.17. The van der Waals surface area contributed by atoms with E-state index in [1.807, 2.05) is 36.4 Å². The summed E-state index contributed by atoms with van der Waals surface area (Å²) in [5.41, 5.74) is 4.62. The number of ketones is 1. The van der Waals surface area contributed by atoms with Crippen molar-refractivity contribution in [3.8, 4) is 22.6 Å². The van der Waals surface area contributed by atoms with Crippen LogP contribution in [-0.4, -0.2) is 39.4 Å². The van der Waals surface area contributed by atoms with Gasteiger partial charge >= 0.3 is 0 Å². The summed E-state index contributed by atoms with van der Waals surface area (Å²) in [7, 11) is -0.438. The molecule has 0 amide bonds. The Morgan fingerprint density at radius 2 is 1.66 bits per heavy atom. The lowest BCUT2D eigenvalue weighted by molar-refractivity contribution is -0.120. The predicted molar refractivity (Wildman–Crippen MR) is 134 cm³/mol. The normalized spacial score (nSPS) is 15.9. The SMILES string of the molecule is CCc1ccc(CC(=O)C2(c3ccc4c(c3)OCO4)CC2)cc1-c1ccc(S(=O)(=O)N(C)C)cc1. The van der Waals surface area contributed by atoms with Crippen LogP contribution < -0.4 is 9.47 Å². The standard InChI is InChI=1S/C28H29NO5S/c1-4-20-6-5-19(15-24(20)21-7-10-23(11-8-21)35(31,32)29(2)3)16-27(30)28(13-14-28)22-9-12-25-26(17-22)34-18-33-25/h5-12,15,17H,4,13-14,16,18H2,1-3H3. The van der Waals surface area contributed by atoms with Gasteiger partial charge in [-0.2, -0.15) is 0 Å². The predicted octanol–water partition coefficient (Wildman–Crippen LogP) is 4.74. The summed E-state index contributed by atoms with van der Waals surface area (Å²) in [4.78, 5) is 13.7. The van der Waals surface area contributed by atoms with Gasteiger partial charge in [-0.05, 0) is 71.3 Å². The number of hydrogen-bond acceptors (Lipinski definition) is 5. The highest BCUT2D eigenvalue weighted by atomic mass is 32.2. The third-order valence-electron chi connectivity index (χ3n) is 7.07. The van der Waals surface area contributed by atoms with Crippen LogP contribution in [0.2, 0.25) is 0 Å². The summed E-state index contributed by atoms with van der Waals surface area (Å²) in [6.07, 6.45) is 2.86. The van der Waals surface area contributed by atoms with Crippen LogP contribution in [0, 0.1) is 0 Å². The lowest BCUT2D eigenvalue weighted by atomic mass is 9.86. The van der Waals surface area contributed by atoms with Crippen molar-refractivity contribution < 1.29 is 22.7 Å². The lowest BCUT2D eigenvalue weighted by Crippen LogP contribution is -2.22. The highest BCUT2D eigenvalue weighted by molar-refractivity contribution is 7.89. The Morgan fingerprint density at radius 3 is 2.31 bits per heavy atom. The zero-order valence-corrected chi connectivity index (χ0v) is 21.0. The van der Waals surface area contributed by atoms with Crippen LogP contribution in [-0.2, 0) is 33.1 Å². The van der Waals surface area contributed by atoms with E-state index in [9.17, 15) is 13.2 Å². The highest BCUT2D eigenvalue weighted by Crippen LogP contribution is 2.51. The minimum Gasteiger partial charge on any atom is -0.454 e. The summed E-state index contributed by atoms with van der Waals surface area (Å²) >= 11 is 0. The van der Waals surface area contributed by atoms with E-state index < -0.39 is 15.4 Å². The Kier molecular flexibility index (Phi) is 5.93. The fraction of sp³-hybridized carbons (Fsp3) is 0.321. The first-order valence-electron chi connectivity index (χ1n) is 11.8. The van der Waals surface area contributed by atoms with E-state index in [1.165, 1.54) is 18.4 Å². The first-order valence-corrected chi connectivity index (χ1v) is 13.3. The van der Waals surface area contributed by atoms with Crippen LogP contribution in [0.25, 0.3) is 11.1 Å². The number of hydrogen-bond donors (Lipinski definition) is 0. The Balaban J connectivity index is 1.41. The number of sulfonamides is 1. The third kappa shape index (κ3) is 4.23. The summed E-state index contributed by atoms with van der Waals surface area (Å²) in [5, 5.41) is 0. The van der Waals surface area contributed by atoms with Crippen molar-refractivity contribution in [3.63, 3.8) is 0 Å². The van der Waals surface area contributed by atoms with Gasteiger partial charge < -0.3 is 9.47 Å². The van der Waals surface area contributed by atoms with Crippen LogP contribution in [0.15, 0.2) is 65.6 Å². The smallest absolute Gasteiger partial charge is 0.242 e. The molecule has 2 aliphatic rings. The number of rotatable bonds is 8. The average molecular weight is 492 g/mol. The van der Waals surface area contributed by atoms with Crippen LogP contribution >= 0.6 is 0 Å². The minimum absolute atomic E-state index is 0.207. The quantitative estimate of drug-likeness (QED) is 0.455. The molecule has 1 heterocycles. The second-order valence-corrected chi connectivity index (χ2v) is 11.6. The highest BCUT2D eigenvalue weighted by Gasteiger charge is 2.50. The van der Waals surface area contributed by atoms with Gasteiger partial charge in [0.05, 0.1) is 10.3 Å². The van der Waals surface area contributed by atoms with Gasteiger partial charge in [0.15, 0.2) is 11.5 Å². The van der Waals surface area contributed by atoms with Gasteiger partial charge in [-0.15, -0.1) is 0 Å². The second-order valence-electron chi connectivity index (χ2n) is 9.41. The first-order chi connectivity index (χ1) is 16.7. The van der Waals surface area contributed by atoms with Gasteiger partial charge in [0, 0.05) is 20.5 Å². The molecule has 0 aromatic heterocycles. The van der Waals surface area contributed by atoms with Crippen molar-refractivity contribution >= 4 is 15.8 Å². The van der Waals surface area contributed by atoms with Crippen molar-refractivity contribution in [1.82, 2.24) is 4.31 Å². The zero-order valence-electron chi connectivity index (χ0n) is 20.2. The Hall–Kier alpha value is -3.16. The molecule has 1 aliphatic heterocycles. The number of carbonyl (C=O) groups excluding carboxylic acids is 1.